The quantitative estimate of drug-likeness (QED) is 0.737. The van der Waals surface area contributed by atoms with Crippen molar-refractivity contribution in [1.82, 2.24) is 10.2 Å². The van der Waals surface area contributed by atoms with Gasteiger partial charge in [0.25, 0.3) is 0 Å². The molecular formula is C13H19N3O3. The molecule has 1 N–H and O–H groups in total. The van der Waals surface area contributed by atoms with Gasteiger partial charge in [-0.1, -0.05) is 12.8 Å². The number of carbonyl (C=O) groups is 3. The number of nitrogens with one attached hydrogen (secondary N) is 1. The molecule has 0 aromatic rings. The number of Topliss-reactive ketones (excluding diaryl/α,β-unsaturated/α-hetero) is 1. The van der Waals surface area contributed by atoms with Crippen molar-refractivity contribution in [3.05, 3.63) is 0 Å². The molecule has 2 amide bonds. The van der Waals surface area contributed by atoms with Crippen molar-refractivity contribution in [2.24, 2.45) is 5.92 Å². The van der Waals surface area contributed by atoms with Crippen molar-refractivity contribution in [1.29, 1.82) is 5.26 Å². The molecule has 0 radical (unpaired) electrons. The van der Waals surface area contributed by atoms with Crippen LogP contribution >= 0.6 is 0 Å². The predicted molar refractivity (Wildman–Crippen MR) is 67.8 cm³/mol. The molecule has 1 aliphatic rings. The van der Waals surface area contributed by atoms with Crippen LogP contribution in [0.5, 0.6) is 0 Å². The van der Waals surface area contributed by atoms with Gasteiger partial charge >= 0.3 is 0 Å². The van der Waals surface area contributed by atoms with Gasteiger partial charge in [-0.25, -0.2) is 0 Å². The third kappa shape index (κ3) is 4.36. The lowest BCUT2D eigenvalue weighted by Gasteiger charge is -2.24. The molecule has 0 aromatic heterocycles. The summed E-state index contributed by atoms with van der Waals surface area (Å²) < 4.78 is 0. The highest BCUT2D eigenvalue weighted by atomic mass is 16.2. The minimum Gasteiger partial charge on any atom is -0.358 e. The van der Waals surface area contributed by atoms with Gasteiger partial charge in [-0.2, -0.15) is 5.26 Å². The van der Waals surface area contributed by atoms with Gasteiger partial charge in [0.1, 0.15) is 0 Å². The van der Waals surface area contributed by atoms with E-state index in [2.05, 4.69) is 5.32 Å². The maximum absolute atomic E-state index is 11.9. The van der Waals surface area contributed by atoms with Crippen LogP contribution in [0.3, 0.4) is 0 Å². The molecule has 0 saturated carbocycles. The van der Waals surface area contributed by atoms with E-state index in [1.165, 1.54) is 11.9 Å². The second-order valence-corrected chi connectivity index (χ2v) is 4.62. The Hall–Kier alpha value is -1.90. The zero-order chi connectivity index (χ0) is 14.3. The Balaban J connectivity index is 2.65. The summed E-state index contributed by atoms with van der Waals surface area (Å²) in [5.41, 5.74) is 0. The molecule has 1 aliphatic heterocycles. The lowest BCUT2D eigenvalue weighted by molar-refractivity contribution is -0.139. The molecule has 0 unspecified atom stereocenters. The minimum atomic E-state index is -1.33. The number of hydrogen-bond acceptors (Lipinski definition) is 4. The van der Waals surface area contributed by atoms with E-state index in [-0.39, 0.29) is 12.5 Å². The van der Waals surface area contributed by atoms with Gasteiger partial charge in [0, 0.05) is 20.0 Å². The van der Waals surface area contributed by atoms with Crippen molar-refractivity contribution in [2.45, 2.75) is 32.1 Å². The van der Waals surface area contributed by atoms with Gasteiger partial charge in [0.2, 0.25) is 11.8 Å². The summed E-state index contributed by atoms with van der Waals surface area (Å²) in [5, 5.41) is 11.1. The fourth-order valence-electron chi connectivity index (χ4n) is 2.08. The molecule has 0 spiro atoms. The van der Waals surface area contributed by atoms with Crippen LogP contribution in [0, 0.1) is 17.2 Å². The molecule has 1 rings (SSSR count). The fraction of sp³-hybridized carbons (Fsp3) is 0.692. The van der Waals surface area contributed by atoms with E-state index in [4.69, 9.17) is 5.26 Å². The van der Waals surface area contributed by atoms with Crippen LogP contribution in [0.25, 0.3) is 0 Å². The van der Waals surface area contributed by atoms with Crippen molar-refractivity contribution >= 4 is 17.6 Å². The molecular weight excluding hydrogens is 246 g/mol. The van der Waals surface area contributed by atoms with Crippen molar-refractivity contribution < 1.29 is 14.4 Å². The molecule has 6 nitrogen and oxygen atoms in total. The summed E-state index contributed by atoms with van der Waals surface area (Å²) in [5.74, 6) is -2.53. The molecule has 19 heavy (non-hydrogen) atoms. The minimum absolute atomic E-state index is 0.0679. The first-order valence-electron chi connectivity index (χ1n) is 6.52. The Labute approximate surface area is 112 Å². The van der Waals surface area contributed by atoms with Crippen molar-refractivity contribution in [3.8, 4) is 6.07 Å². The van der Waals surface area contributed by atoms with E-state index < -0.39 is 17.6 Å². The van der Waals surface area contributed by atoms with E-state index >= 15 is 0 Å². The lowest BCUT2D eigenvalue weighted by atomic mass is 10.0. The molecule has 1 atom stereocenters. The first kappa shape index (κ1) is 15.2. The van der Waals surface area contributed by atoms with Crippen LogP contribution in [0.15, 0.2) is 0 Å². The van der Waals surface area contributed by atoms with Crippen LogP contribution < -0.4 is 5.32 Å². The maximum atomic E-state index is 11.9. The van der Waals surface area contributed by atoms with E-state index in [9.17, 15) is 14.4 Å². The Kier molecular flexibility index (Phi) is 6.00. The van der Waals surface area contributed by atoms with E-state index in [1.54, 1.807) is 6.07 Å². The number of likely N-dealkylation sites (tertiary alicyclic amines) is 1. The van der Waals surface area contributed by atoms with Gasteiger partial charge in [-0.05, 0) is 12.8 Å². The molecule has 0 bridgehead atoms. The summed E-state index contributed by atoms with van der Waals surface area (Å²) >= 11 is 0. The molecule has 0 aliphatic carbocycles. The molecule has 6 heteroatoms. The van der Waals surface area contributed by atoms with Crippen molar-refractivity contribution in [3.63, 3.8) is 0 Å². The van der Waals surface area contributed by atoms with E-state index in [0.29, 0.717) is 13.0 Å². The average molecular weight is 265 g/mol. The number of rotatable bonds is 4. The third-order valence-electron chi connectivity index (χ3n) is 3.23. The highest BCUT2D eigenvalue weighted by Crippen LogP contribution is 2.12. The first-order valence-corrected chi connectivity index (χ1v) is 6.52. The summed E-state index contributed by atoms with van der Waals surface area (Å²) in [7, 11) is 1.38. The summed E-state index contributed by atoms with van der Waals surface area (Å²) in [6.07, 6.45) is 4.20. The largest absolute Gasteiger partial charge is 0.358 e. The maximum Gasteiger partial charge on any atom is 0.244 e. The summed E-state index contributed by atoms with van der Waals surface area (Å²) in [4.78, 5) is 36.6. The smallest absolute Gasteiger partial charge is 0.244 e. The van der Waals surface area contributed by atoms with Crippen LogP contribution in [-0.4, -0.2) is 42.6 Å². The summed E-state index contributed by atoms with van der Waals surface area (Å²) in [6.45, 7) is 0.376. The average Bonchev–Trinajstić information content (AvgIpc) is 2.39. The van der Waals surface area contributed by atoms with Gasteiger partial charge in [-0.3, -0.25) is 14.4 Å². The molecule has 1 fully saturated rings. The number of hydrogen-bond donors (Lipinski definition) is 1. The monoisotopic (exact) mass is 265 g/mol. The zero-order valence-electron chi connectivity index (χ0n) is 11.1. The third-order valence-corrected chi connectivity index (χ3v) is 3.23. The molecule has 0 aromatic carbocycles. The van der Waals surface area contributed by atoms with E-state index in [1.807, 2.05) is 0 Å². The second kappa shape index (κ2) is 7.52. The van der Waals surface area contributed by atoms with Gasteiger partial charge in [0.15, 0.2) is 11.7 Å². The summed E-state index contributed by atoms with van der Waals surface area (Å²) in [6, 6.07) is 1.69. The Morgan fingerprint density at radius 1 is 1.37 bits per heavy atom. The number of carbonyl (C=O) groups excluding carboxylic acids is 3. The highest BCUT2D eigenvalue weighted by molar-refractivity contribution is 6.05. The zero-order valence-corrected chi connectivity index (χ0v) is 11.1. The topological polar surface area (TPSA) is 90.3 Å². The van der Waals surface area contributed by atoms with Crippen molar-refractivity contribution in [2.75, 3.05) is 20.1 Å². The Morgan fingerprint density at radius 3 is 2.68 bits per heavy atom. The second-order valence-electron chi connectivity index (χ2n) is 4.62. The molecule has 1 heterocycles. The normalized spacial score (nSPS) is 17.9. The van der Waals surface area contributed by atoms with E-state index in [0.717, 1.165) is 25.7 Å². The van der Waals surface area contributed by atoms with Crippen LogP contribution in [0.2, 0.25) is 0 Å². The molecule has 1 saturated heterocycles. The Bertz CT molecular complexity index is 400. The van der Waals surface area contributed by atoms with Gasteiger partial charge in [-0.15, -0.1) is 0 Å². The highest BCUT2D eigenvalue weighted by Gasteiger charge is 2.28. The predicted octanol–water partition coefficient (Wildman–Crippen LogP) is 0.234. The van der Waals surface area contributed by atoms with Gasteiger partial charge in [0.05, 0.1) is 12.6 Å². The standard InChI is InChI=1S/C13H19N3O3/c1-15-13(19)10(8-14)11(17)9-16-7-5-3-2-4-6-12(16)18/h10H,2-7,9H2,1H3,(H,15,19)/t10-/m0/s1. The van der Waals surface area contributed by atoms with Gasteiger partial charge < -0.3 is 10.2 Å². The van der Waals surface area contributed by atoms with Crippen LogP contribution in [-0.2, 0) is 14.4 Å². The number of ketones is 1. The lowest BCUT2D eigenvalue weighted by Crippen LogP contribution is -2.42. The molecule has 104 valence electrons. The fourth-order valence-corrected chi connectivity index (χ4v) is 2.08. The number of nitrogens with zero attached hydrogens (tertiary/aromatic N) is 2. The SMILES string of the molecule is CNC(=O)[C@@H](C#N)C(=O)CN1CCCCCCC1=O. The number of amides is 2. The Morgan fingerprint density at radius 2 is 2.05 bits per heavy atom. The first-order chi connectivity index (χ1) is 9.10. The van der Waals surface area contributed by atoms with Crippen LogP contribution in [0.1, 0.15) is 32.1 Å². The number of nitriles is 1. The van der Waals surface area contributed by atoms with Crippen LogP contribution in [0.4, 0.5) is 0 Å².